The first-order valence-electron chi connectivity index (χ1n) is 33.2. The molecule has 3 N–H and O–H groups in total. The summed E-state index contributed by atoms with van der Waals surface area (Å²) >= 11 is 0. The van der Waals surface area contributed by atoms with Gasteiger partial charge < -0.3 is 33.8 Å². The van der Waals surface area contributed by atoms with E-state index in [1.165, 1.54) is 103 Å². The minimum Gasteiger partial charge on any atom is -0.462 e. The summed E-state index contributed by atoms with van der Waals surface area (Å²) in [7, 11) is -9.89. The Kier molecular flexibility index (Phi) is 53.0. The fourth-order valence-corrected chi connectivity index (χ4v) is 11.0. The van der Waals surface area contributed by atoms with Crippen molar-refractivity contribution in [3.8, 4) is 0 Å². The number of phosphoric acid groups is 2. The van der Waals surface area contributed by atoms with Gasteiger partial charge in [0.1, 0.15) is 19.3 Å². The summed E-state index contributed by atoms with van der Waals surface area (Å²) in [5, 5.41) is 10.5. The molecule has 0 saturated heterocycles. The third-order valence-corrected chi connectivity index (χ3v) is 16.8. The number of carbonyl (C=O) groups is 4. The Morgan fingerprint density at radius 2 is 0.578 bits per heavy atom. The molecule has 83 heavy (non-hydrogen) atoms. The molecular weight excluding hydrogens is 1100 g/mol. The standard InChI is InChI=1S/C64H124O17P2/c1-9-57(8)43-35-27-22-23-31-39-47-64(69)81-60(51-75-62(67)45-37-29-21-15-18-26-34-42-56(6)7)53-79-83(72,73)77-49-58(65)48-76-82(70,71)78-52-59(80-63(68)46-38-30-20-14-13-17-25-33-41-55(4)5)50-74-61(66)44-36-28-19-12-10-11-16-24-32-40-54(2)3/h54-60,65H,9-53H2,1-8H3,(H,70,71)(H,72,73)/t57?,58?,59-,60-/m1/s1. The van der Waals surface area contributed by atoms with Gasteiger partial charge in [-0.1, -0.05) is 254 Å². The molecule has 17 nitrogen and oxygen atoms in total. The summed E-state index contributed by atoms with van der Waals surface area (Å²) in [5.41, 5.74) is 0. The number of carbonyl (C=O) groups excluding carboxylic acids is 4. The minimum absolute atomic E-state index is 0.101. The van der Waals surface area contributed by atoms with Crippen molar-refractivity contribution in [2.24, 2.45) is 23.7 Å². The maximum atomic E-state index is 13.0. The molecule has 19 heteroatoms. The van der Waals surface area contributed by atoms with Crippen LogP contribution in [0.15, 0.2) is 0 Å². The van der Waals surface area contributed by atoms with Gasteiger partial charge in [0.2, 0.25) is 0 Å². The average molecular weight is 1230 g/mol. The number of rotatable bonds is 61. The fourth-order valence-electron chi connectivity index (χ4n) is 9.40. The van der Waals surface area contributed by atoms with Crippen LogP contribution in [0.2, 0.25) is 0 Å². The Morgan fingerprint density at radius 3 is 0.855 bits per heavy atom. The monoisotopic (exact) mass is 1230 g/mol. The SMILES string of the molecule is CCC(C)CCCCCCCCC(=O)O[C@H](COC(=O)CCCCCCCCCC(C)C)COP(=O)(O)OCC(O)COP(=O)(O)OC[C@@H](COC(=O)CCCCCCCCCCCC(C)C)OC(=O)CCCCCCCCCCC(C)C. The van der Waals surface area contributed by atoms with Crippen molar-refractivity contribution < 1.29 is 80.2 Å². The number of aliphatic hydroxyl groups excluding tert-OH is 1. The van der Waals surface area contributed by atoms with Gasteiger partial charge in [0, 0.05) is 25.7 Å². The quantitative estimate of drug-likeness (QED) is 0.0222. The van der Waals surface area contributed by atoms with Crippen molar-refractivity contribution >= 4 is 39.5 Å². The van der Waals surface area contributed by atoms with Crippen molar-refractivity contribution in [3.63, 3.8) is 0 Å². The Balaban J connectivity index is 5.26. The molecular formula is C64H124O17P2. The largest absolute Gasteiger partial charge is 0.472 e. The Hall–Kier alpha value is -1.94. The first-order valence-corrected chi connectivity index (χ1v) is 36.2. The highest BCUT2D eigenvalue weighted by atomic mass is 31.2. The van der Waals surface area contributed by atoms with E-state index in [1.807, 2.05) is 0 Å². The van der Waals surface area contributed by atoms with Crippen LogP contribution in [-0.2, 0) is 65.4 Å². The van der Waals surface area contributed by atoms with Crippen LogP contribution in [0.3, 0.4) is 0 Å². The molecule has 0 heterocycles. The van der Waals surface area contributed by atoms with Crippen molar-refractivity contribution in [1.82, 2.24) is 0 Å². The first-order chi connectivity index (χ1) is 39.6. The van der Waals surface area contributed by atoms with Gasteiger partial charge in [-0.25, -0.2) is 9.13 Å². The highest BCUT2D eigenvalue weighted by Gasteiger charge is 2.30. The van der Waals surface area contributed by atoms with Gasteiger partial charge in [-0.2, -0.15) is 0 Å². The van der Waals surface area contributed by atoms with E-state index in [-0.39, 0.29) is 25.7 Å². The fraction of sp³-hybridized carbons (Fsp3) is 0.938. The van der Waals surface area contributed by atoms with Crippen LogP contribution < -0.4 is 0 Å². The lowest BCUT2D eigenvalue weighted by Crippen LogP contribution is -2.30. The summed E-state index contributed by atoms with van der Waals surface area (Å²) in [6, 6.07) is 0. The molecule has 0 aromatic rings. The summed E-state index contributed by atoms with van der Waals surface area (Å²) in [5.74, 6) is 0.745. The van der Waals surface area contributed by atoms with Gasteiger partial charge in [-0.05, 0) is 49.4 Å². The number of phosphoric ester groups is 2. The summed E-state index contributed by atoms with van der Waals surface area (Å²) in [6.07, 6.45) is 33.6. The normalized spacial score (nSPS) is 14.8. The predicted octanol–water partition coefficient (Wildman–Crippen LogP) is 17.4. The maximum Gasteiger partial charge on any atom is 0.472 e. The zero-order valence-corrected chi connectivity index (χ0v) is 55.6. The van der Waals surface area contributed by atoms with Gasteiger partial charge in [-0.3, -0.25) is 37.3 Å². The van der Waals surface area contributed by atoms with E-state index in [2.05, 4.69) is 55.4 Å². The van der Waals surface area contributed by atoms with E-state index in [0.717, 1.165) is 114 Å². The van der Waals surface area contributed by atoms with Crippen LogP contribution >= 0.6 is 15.6 Å². The maximum absolute atomic E-state index is 13.0. The second-order valence-corrected chi connectivity index (χ2v) is 27.7. The number of hydrogen-bond acceptors (Lipinski definition) is 15. The van der Waals surface area contributed by atoms with Crippen molar-refractivity contribution in [2.75, 3.05) is 39.6 Å². The summed E-state index contributed by atoms with van der Waals surface area (Å²) in [6.45, 7) is 13.9. The predicted molar refractivity (Wildman–Crippen MR) is 331 cm³/mol. The van der Waals surface area contributed by atoms with E-state index in [0.29, 0.717) is 31.6 Å². The summed E-state index contributed by atoms with van der Waals surface area (Å²) < 4.78 is 68.0. The van der Waals surface area contributed by atoms with Crippen LogP contribution in [-0.4, -0.2) is 96.7 Å². The molecule has 0 saturated carbocycles. The second-order valence-electron chi connectivity index (χ2n) is 24.8. The molecule has 492 valence electrons. The molecule has 0 spiro atoms. The lowest BCUT2D eigenvalue weighted by Gasteiger charge is -2.21. The molecule has 0 amide bonds. The van der Waals surface area contributed by atoms with Gasteiger partial charge in [0.25, 0.3) is 0 Å². The van der Waals surface area contributed by atoms with E-state index < -0.39 is 97.5 Å². The molecule has 0 bridgehead atoms. The molecule has 0 aliphatic carbocycles. The lowest BCUT2D eigenvalue weighted by molar-refractivity contribution is -0.161. The van der Waals surface area contributed by atoms with Crippen molar-refractivity contribution in [3.05, 3.63) is 0 Å². The molecule has 0 aliphatic heterocycles. The highest BCUT2D eigenvalue weighted by Crippen LogP contribution is 2.45. The molecule has 0 aromatic carbocycles. The third kappa shape index (κ3) is 57.6. The first kappa shape index (κ1) is 81.1. The number of ether oxygens (including phenoxy) is 4. The number of esters is 4. The average Bonchev–Trinajstić information content (AvgIpc) is 3.43. The van der Waals surface area contributed by atoms with Gasteiger partial charge in [0.05, 0.1) is 26.4 Å². The number of hydrogen-bond donors (Lipinski definition) is 3. The van der Waals surface area contributed by atoms with Crippen molar-refractivity contribution in [2.45, 2.75) is 324 Å². The number of unbranched alkanes of at least 4 members (excludes halogenated alkanes) is 26. The van der Waals surface area contributed by atoms with E-state index >= 15 is 0 Å². The Bertz CT molecular complexity index is 1660. The van der Waals surface area contributed by atoms with E-state index in [9.17, 15) is 43.2 Å². The van der Waals surface area contributed by atoms with Crippen LogP contribution in [0.4, 0.5) is 0 Å². The van der Waals surface area contributed by atoms with Gasteiger partial charge >= 0.3 is 39.5 Å². The molecule has 0 radical (unpaired) electrons. The van der Waals surface area contributed by atoms with Crippen LogP contribution in [0, 0.1) is 23.7 Å². The second kappa shape index (κ2) is 54.2. The Morgan fingerprint density at radius 1 is 0.337 bits per heavy atom. The molecule has 0 aliphatic rings. The zero-order chi connectivity index (χ0) is 61.8. The number of aliphatic hydroxyl groups is 1. The van der Waals surface area contributed by atoms with Crippen molar-refractivity contribution in [1.29, 1.82) is 0 Å². The third-order valence-electron chi connectivity index (χ3n) is 14.9. The van der Waals surface area contributed by atoms with Crippen LogP contribution in [0.25, 0.3) is 0 Å². The molecule has 0 aromatic heterocycles. The molecule has 4 unspecified atom stereocenters. The molecule has 0 fully saturated rings. The van der Waals surface area contributed by atoms with Gasteiger partial charge in [0.15, 0.2) is 12.2 Å². The smallest absolute Gasteiger partial charge is 0.462 e. The van der Waals surface area contributed by atoms with Crippen LogP contribution in [0.5, 0.6) is 0 Å². The molecule has 6 atom stereocenters. The van der Waals surface area contributed by atoms with E-state index in [1.54, 1.807) is 0 Å². The highest BCUT2D eigenvalue weighted by molar-refractivity contribution is 7.47. The summed E-state index contributed by atoms with van der Waals surface area (Å²) in [4.78, 5) is 72.2. The van der Waals surface area contributed by atoms with Gasteiger partial charge in [-0.15, -0.1) is 0 Å². The lowest BCUT2D eigenvalue weighted by atomic mass is 10.00. The van der Waals surface area contributed by atoms with Crippen LogP contribution in [0.1, 0.15) is 306 Å². The molecule has 0 rings (SSSR count). The Labute approximate surface area is 505 Å². The zero-order valence-electron chi connectivity index (χ0n) is 53.8. The minimum atomic E-state index is -4.95. The topological polar surface area (TPSA) is 237 Å². The van der Waals surface area contributed by atoms with E-state index in [4.69, 9.17) is 37.0 Å².